The van der Waals surface area contributed by atoms with E-state index in [0.29, 0.717) is 0 Å². The summed E-state index contributed by atoms with van der Waals surface area (Å²) in [7, 11) is 0. The van der Waals surface area contributed by atoms with Crippen LogP contribution >= 0.6 is 0 Å². The summed E-state index contributed by atoms with van der Waals surface area (Å²) in [6.07, 6.45) is 6.19. The lowest BCUT2D eigenvalue weighted by atomic mass is 10.1. The van der Waals surface area contributed by atoms with Gasteiger partial charge in [-0.15, -0.1) is 0 Å². The molecule has 1 heterocycles. The highest BCUT2D eigenvalue weighted by Gasteiger charge is 2.08. The summed E-state index contributed by atoms with van der Waals surface area (Å²) in [6.45, 7) is 1.91. The van der Waals surface area contributed by atoms with Crippen molar-refractivity contribution in [3.63, 3.8) is 0 Å². The van der Waals surface area contributed by atoms with Crippen LogP contribution < -0.4 is 5.32 Å². The lowest BCUT2D eigenvalue weighted by Crippen LogP contribution is -2.24. The van der Waals surface area contributed by atoms with Crippen molar-refractivity contribution in [2.75, 3.05) is 0 Å². The molecule has 3 aromatic rings. The predicted octanol–water partition coefficient (Wildman–Crippen LogP) is 3.30. The first-order valence-corrected chi connectivity index (χ1v) is 7.81. The van der Waals surface area contributed by atoms with E-state index in [4.69, 9.17) is 0 Å². The molecule has 3 rings (SSSR count). The normalized spacial score (nSPS) is 12.2. The van der Waals surface area contributed by atoms with Gasteiger partial charge in [0.1, 0.15) is 18.5 Å². The van der Waals surface area contributed by atoms with Gasteiger partial charge < -0.3 is 5.32 Å². The maximum Gasteiger partial charge on any atom is 0.244 e. The zero-order valence-electron chi connectivity index (χ0n) is 13.6. The molecule has 0 spiro atoms. The van der Waals surface area contributed by atoms with Gasteiger partial charge in [0.15, 0.2) is 0 Å². The second-order valence-corrected chi connectivity index (χ2v) is 5.55. The number of nitrogens with zero attached hydrogens (tertiary/aromatic N) is 3. The van der Waals surface area contributed by atoms with Crippen LogP contribution in [0.5, 0.6) is 0 Å². The number of nitrogens with one attached hydrogen (secondary N) is 1. The third kappa shape index (κ3) is 4.38. The monoisotopic (exact) mass is 336 g/mol. The van der Waals surface area contributed by atoms with E-state index in [9.17, 15) is 9.18 Å². The first-order valence-electron chi connectivity index (χ1n) is 7.81. The van der Waals surface area contributed by atoms with E-state index in [1.807, 2.05) is 31.2 Å². The van der Waals surface area contributed by atoms with Gasteiger partial charge in [0, 0.05) is 6.08 Å². The Morgan fingerprint density at radius 1 is 1.16 bits per heavy atom. The first kappa shape index (κ1) is 16.6. The third-order valence-electron chi connectivity index (χ3n) is 3.73. The van der Waals surface area contributed by atoms with Crippen LogP contribution in [-0.2, 0) is 4.79 Å². The van der Waals surface area contributed by atoms with Crippen LogP contribution in [0.25, 0.3) is 11.8 Å². The van der Waals surface area contributed by atoms with Crippen LogP contribution in [0.2, 0.25) is 0 Å². The molecule has 0 saturated carbocycles. The number of benzene rings is 2. The Balaban J connectivity index is 1.60. The van der Waals surface area contributed by atoms with Crippen molar-refractivity contribution < 1.29 is 9.18 Å². The zero-order valence-corrected chi connectivity index (χ0v) is 13.6. The quantitative estimate of drug-likeness (QED) is 0.727. The second kappa shape index (κ2) is 7.53. The highest BCUT2D eigenvalue weighted by atomic mass is 19.1. The fraction of sp³-hybridized carbons (Fsp3) is 0.105. The number of hydrogen-bond donors (Lipinski definition) is 1. The lowest BCUT2D eigenvalue weighted by Gasteiger charge is -2.13. The molecule has 0 saturated heterocycles. The van der Waals surface area contributed by atoms with Crippen LogP contribution in [0.1, 0.15) is 24.1 Å². The Morgan fingerprint density at radius 3 is 2.52 bits per heavy atom. The molecule has 1 atom stereocenters. The SMILES string of the molecule is C[C@@H](NC(=O)/C=C/c1ccc(F)cc1)c1ccc(-n2cncn2)cc1. The van der Waals surface area contributed by atoms with Crippen molar-refractivity contribution >= 4 is 12.0 Å². The minimum absolute atomic E-state index is 0.143. The van der Waals surface area contributed by atoms with Crippen molar-refractivity contribution in [1.29, 1.82) is 0 Å². The fourth-order valence-electron chi connectivity index (χ4n) is 2.35. The molecule has 126 valence electrons. The van der Waals surface area contributed by atoms with Crippen LogP contribution in [0.4, 0.5) is 4.39 Å². The Kier molecular flexibility index (Phi) is 4.99. The largest absolute Gasteiger partial charge is 0.346 e. The summed E-state index contributed by atoms with van der Waals surface area (Å²) < 4.78 is 14.5. The van der Waals surface area contributed by atoms with Gasteiger partial charge in [-0.25, -0.2) is 14.1 Å². The molecule has 1 N–H and O–H groups in total. The number of hydrogen-bond acceptors (Lipinski definition) is 3. The number of halogens is 1. The minimum Gasteiger partial charge on any atom is -0.346 e. The molecule has 0 radical (unpaired) electrons. The maximum absolute atomic E-state index is 12.9. The van der Waals surface area contributed by atoms with Gasteiger partial charge in [0.25, 0.3) is 0 Å². The molecule has 1 amide bonds. The molecule has 0 aliphatic carbocycles. The van der Waals surface area contributed by atoms with Crippen molar-refractivity contribution in [3.8, 4) is 5.69 Å². The molecule has 0 unspecified atom stereocenters. The van der Waals surface area contributed by atoms with Crippen LogP contribution in [0, 0.1) is 5.82 Å². The van der Waals surface area contributed by atoms with E-state index < -0.39 is 0 Å². The summed E-state index contributed by atoms with van der Waals surface area (Å²) in [5.41, 5.74) is 2.64. The molecule has 0 aliphatic heterocycles. The van der Waals surface area contributed by atoms with E-state index in [-0.39, 0.29) is 17.8 Å². The number of carbonyl (C=O) groups is 1. The van der Waals surface area contributed by atoms with E-state index in [1.165, 1.54) is 24.5 Å². The van der Waals surface area contributed by atoms with Crippen LogP contribution in [-0.4, -0.2) is 20.7 Å². The number of aromatic nitrogens is 3. The van der Waals surface area contributed by atoms with Crippen LogP contribution in [0.15, 0.2) is 67.3 Å². The Bertz CT molecular complexity index is 855. The standard InChI is InChI=1S/C19H17FN4O/c1-14(16-5-9-18(10-6-16)24-13-21-12-22-24)23-19(25)11-4-15-2-7-17(20)8-3-15/h2-14H,1H3,(H,23,25)/b11-4+/t14-/m1/s1. The second-order valence-electron chi connectivity index (χ2n) is 5.55. The van der Waals surface area contributed by atoms with E-state index in [2.05, 4.69) is 15.4 Å². The van der Waals surface area contributed by atoms with Gasteiger partial charge in [-0.05, 0) is 48.4 Å². The van der Waals surface area contributed by atoms with E-state index in [1.54, 1.807) is 29.2 Å². The maximum atomic E-state index is 12.9. The van der Waals surface area contributed by atoms with Gasteiger partial charge in [-0.3, -0.25) is 4.79 Å². The van der Waals surface area contributed by atoms with Crippen molar-refractivity contribution in [2.24, 2.45) is 0 Å². The molecule has 0 bridgehead atoms. The summed E-state index contributed by atoms with van der Waals surface area (Å²) in [6, 6.07) is 13.5. The van der Waals surface area contributed by atoms with Crippen molar-refractivity contribution in [3.05, 3.63) is 84.2 Å². The van der Waals surface area contributed by atoms with Gasteiger partial charge in [0.2, 0.25) is 5.91 Å². The van der Waals surface area contributed by atoms with Crippen molar-refractivity contribution in [2.45, 2.75) is 13.0 Å². The molecule has 6 heteroatoms. The first-order chi connectivity index (χ1) is 12.1. The summed E-state index contributed by atoms with van der Waals surface area (Å²) in [5, 5.41) is 6.97. The Labute approximate surface area is 144 Å². The van der Waals surface area contributed by atoms with E-state index in [0.717, 1.165) is 16.8 Å². The molecule has 2 aromatic carbocycles. The molecular formula is C19H17FN4O. The molecule has 25 heavy (non-hydrogen) atoms. The minimum atomic E-state index is -0.301. The summed E-state index contributed by atoms with van der Waals surface area (Å²) >= 11 is 0. The van der Waals surface area contributed by atoms with Gasteiger partial charge in [-0.1, -0.05) is 24.3 Å². The topological polar surface area (TPSA) is 59.8 Å². The molecular weight excluding hydrogens is 319 g/mol. The van der Waals surface area contributed by atoms with Gasteiger partial charge in [-0.2, -0.15) is 5.10 Å². The zero-order chi connectivity index (χ0) is 17.6. The highest BCUT2D eigenvalue weighted by Crippen LogP contribution is 2.15. The number of rotatable bonds is 5. The lowest BCUT2D eigenvalue weighted by molar-refractivity contribution is -0.117. The molecule has 0 aliphatic rings. The Morgan fingerprint density at radius 2 is 1.88 bits per heavy atom. The molecule has 1 aromatic heterocycles. The van der Waals surface area contributed by atoms with Gasteiger partial charge >= 0.3 is 0 Å². The highest BCUT2D eigenvalue weighted by molar-refractivity contribution is 5.91. The fourth-order valence-corrected chi connectivity index (χ4v) is 2.35. The number of amides is 1. The average molecular weight is 336 g/mol. The summed E-state index contributed by atoms with van der Waals surface area (Å²) in [5.74, 6) is -0.512. The van der Waals surface area contributed by atoms with Gasteiger partial charge in [0.05, 0.1) is 11.7 Å². The molecule has 0 fully saturated rings. The predicted molar refractivity (Wildman–Crippen MR) is 93.4 cm³/mol. The van der Waals surface area contributed by atoms with E-state index >= 15 is 0 Å². The Hall–Kier alpha value is -3.28. The molecule has 5 nitrogen and oxygen atoms in total. The third-order valence-corrected chi connectivity index (χ3v) is 3.73. The summed E-state index contributed by atoms with van der Waals surface area (Å²) in [4.78, 5) is 15.9. The van der Waals surface area contributed by atoms with Crippen molar-refractivity contribution in [1.82, 2.24) is 20.1 Å². The number of carbonyl (C=O) groups excluding carboxylic acids is 1. The average Bonchev–Trinajstić information content (AvgIpc) is 3.16. The van der Waals surface area contributed by atoms with Crippen LogP contribution in [0.3, 0.4) is 0 Å². The smallest absolute Gasteiger partial charge is 0.244 e.